The molecule has 0 bridgehead atoms. The summed E-state index contributed by atoms with van der Waals surface area (Å²) in [7, 11) is 0. The van der Waals surface area contributed by atoms with Gasteiger partial charge in [0, 0.05) is 37.7 Å². The lowest BCUT2D eigenvalue weighted by Crippen LogP contribution is -2.44. The number of carbonyl (C=O) groups is 3. The van der Waals surface area contributed by atoms with Crippen LogP contribution in [0.1, 0.15) is 49.4 Å². The summed E-state index contributed by atoms with van der Waals surface area (Å²) >= 11 is 0. The summed E-state index contributed by atoms with van der Waals surface area (Å²) < 4.78 is 16.1. The molecule has 3 aliphatic heterocycles. The van der Waals surface area contributed by atoms with Gasteiger partial charge in [-0.1, -0.05) is 0 Å². The molecule has 0 aliphatic carbocycles. The van der Waals surface area contributed by atoms with Crippen molar-refractivity contribution in [3.8, 4) is 11.5 Å². The molecule has 2 saturated heterocycles. The fourth-order valence-electron chi connectivity index (χ4n) is 4.13. The van der Waals surface area contributed by atoms with E-state index in [1.807, 2.05) is 4.90 Å². The van der Waals surface area contributed by atoms with Crippen LogP contribution in [0.2, 0.25) is 0 Å². The molecule has 1 unspecified atom stereocenters. The summed E-state index contributed by atoms with van der Waals surface area (Å²) in [5, 5.41) is 2.85. The zero-order valence-corrected chi connectivity index (χ0v) is 16.6. The highest BCUT2D eigenvalue weighted by Gasteiger charge is 2.31. The lowest BCUT2D eigenvalue weighted by Gasteiger charge is -2.33. The second kappa shape index (κ2) is 8.41. The smallest absolute Gasteiger partial charge is 0.251 e. The zero-order chi connectivity index (χ0) is 20.4. The maximum absolute atomic E-state index is 12.6. The van der Waals surface area contributed by atoms with Crippen LogP contribution in [0.3, 0.4) is 0 Å². The van der Waals surface area contributed by atoms with Crippen molar-refractivity contribution >= 4 is 23.3 Å². The highest BCUT2D eigenvalue weighted by atomic mass is 16.7. The number of amides is 2. The average Bonchev–Trinajstić information content (AvgIpc) is 3.39. The SMILES string of the molecule is CC(=O)c1cc2c(cc1NC(=O)CC1CCN(C(=O)C3CCCO3)CC1)OCO2. The number of hydrogen-bond donors (Lipinski definition) is 1. The summed E-state index contributed by atoms with van der Waals surface area (Å²) in [6.45, 7) is 3.52. The molecule has 8 heteroatoms. The van der Waals surface area contributed by atoms with Gasteiger partial charge in [-0.2, -0.15) is 0 Å². The van der Waals surface area contributed by atoms with E-state index in [2.05, 4.69) is 5.32 Å². The number of nitrogens with one attached hydrogen (secondary N) is 1. The predicted octanol–water partition coefficient (Wildman–Crippen LogP) is 2.36. The normalized spacial score (nSPS) is 21.3. The van der Waals surface area contributed by atoms with E-state index < -0.39 is 0 Å². The van der Waals surface area contributed by atoms with Crippen LogP contribution in [0.4, 0.5) is 5.69 Å². The number of fused-ring (bicyclic) bond motifs is 1. The van der Waals surface area contributed by atoms with Crippen molar-refractivity contribution in [2.75, 3.05) is 31.8 Å². The lowest BCUT2D eigenvalue weighted by atomic mass is 9.92. The molecule has 0 radical (unpaired) electrons. The number of piperidine rings is 1. The standard InChI is InChI=1S/C21H26N2O6/c1-13(24)15-10-18-19(29-12-28-18)11-16(15)22-20(25)9-14-4-6-23(7-5-14)21(26)17-3-2-8-27-17/h10-11,14,17H,2-9,12H2,1H3,(H,22,25). The zero-order valence-electron chi connectivity index (χ0n) is 16.6. The van der Waals surface area contributed by atoms with Crippen molar-refractivity contribution in [2.45, 2.75) is 45.1 Å². The quantitative estimate of drug-likeness (QED) is 0.760. The summed E-state index contributed by atoms with van der Waals surface area (Å²) in [5.74, 6) is 1.02. The monoisotopic (exact) mass is 402 g/mol. The largest absolute Gasteiger partial charge is 0.454 e. The molecule has 2 amide bonds. The molecule has 29 heavy (non-hydrogen) atoms. The fourth-order valence-corrected chi connectivity index (χ4v) is 4.13. The number of ether oxygens (including phenoxy) is 3. The first-order chi connectivity index (χ1) is 14.0. The number of ketones is 1. The van der Waals surface area contributed by atoms with Gasteiger partial charge in [-0.05, 0) is 44.6 Å². The van der Waals surface area contributed by atoms with Crippen molar-refractivity contribution in [1.82, 2.24) is 4.90 Å². The Morgan fingerprint density at radius 2 is 1.83 bits per heavy atom. The summed E-state index contributed by atoms with van der Waals surface area (Å²) in [4.78, 5) is 38.8. The highest BCUT2D eigenvalue weighted by Crippen LogP contribution is 2.37. The second-order valence-electron chi connectivity index (χ2n) is 7.83. The highest BCUT2D eigenvalue weighted by molar-refractivity contribution is 6.04. The van der Waals surface area contributed by atoms with E-state index in [1.165, 1.54) is 6.92 Å². The summed E-state index contributed by atoms with van der Waals surface area (Å²) in [5.41, 5.74) is 0.845. The van der Waals surface area contributed by atoms with Crippen molar-refractivity contribution < 1.29 is 28.6 Å². The number of carbonyl (C=O) groups excluding carboxylic acids is 3. The van der Waals surface area contributed by atoms with Gasteiger partial charge in [-0.25, -0.2) is 0 Å². The first kappa shape index (κ1) is 19.7. The molecule has 0 aromatic heterocycles. The van der Waals surface area contributed by atoms with E-state index in [-0.39, 0.29) is 36.4 Å². The van der Waals surface area contributed by atoms with Gasteiger partial charge in [0.15, 0.2) is 17.3 Å². The molecule has 4 rings (SSSR count). The van der Waals surface area contributed by atoms with E-state index in [1.54, 1.807) is 12.1 Å². The van der Waals surface area contributed by atoms with Crippen molar-refractivity contribution in [3.63, 3.8) is 0 Å². The van der Waals surface area contributed by atoms with Gasteiger partial charge in [0.25, 0.3) is 5.91 Å². The summed E-state index contributed by atoms with van der Waals surface area (Å²) in [6.07, 6.45) is 3.38. The fraction of sp³-hybridized carbons (Fsp3) is 0.571. The van der Waals surface area contributed by atoms with E-state index >= 15 is 0 Å². The van der Waals surface area contributed by atoms with Gasteiger partial charge < -0.3 is 24.4 Å². The second-order valence-corrected chi connectivity index (χ2v) is 7.83. The molecular formula is C21H26N2O6. The third kappa shape index (κ3) is 4.37. The van der Waals surface area contributed by atoms with Gasteiger partial charge in [-0.3, -0.25) is 14.4 Å². The van der Waals surface area contributed by atoms with Crippen LogP contribution in [0.15, 0.2) is 12.1 Å². The Balaban J connectivity index is 1.32. The minimum Gasteiger partial charge on any atom is -0.454 e. The van der Waals surface area contributed by atoms with Crippen LogP contribution in [-0.2, 0) is 14.3 Å². The minimum atomic E-state index is -0.286. The van der Waals surface area contributed by atoms with Crippen LogP contribution in [0.25, 0.3) is 0 Å². The molecule has 3 aliphatic rings. The molecule has 8 nitrogen and oxygen atoms in total. The molecule has 1 atom stereocenters. The number of likely N-dealkylation sites (tertiary alicyclic amines) is 1. The van der Waals surface area contributed by atoms with Crippen LogP contribution < -0.4 is 14.8 Å². The Morgan fingerprint density at radius 1 is 1.10 bits per heavy atom. The molecule has 1 aromatic carbocycles. The molecule has 1 N–H and O–H groups in total. The topological polar surface area (TPSA) is 94.2 Å². The van der Waals surface area contributed by atoms with E-state index in [4.69, 9.17) is 14.2 Å². The number of hydrogen-bond acceptors (Lipinski definition) is 6. The predicted molar refractivity (Wildman–Crippen MR) is 104 cm³/mol. The van der Waals surface area contributed by atoms with Crippen LogP contribution in [0, 0.1) is 5.92 Å². The Morgan fingerprint density at radius 3 is 2.48 bits per heavy atom. The molecule has 0 saturated carbocycles. The first-order valence-electron chi connectivity index (χ1n) is 10.2. The van der Waals surface area contributed by atoms with E-state index in [0.717, 1.165) is 25.7 Å². The third-order valence-electron chi connectivity index (χ3n) is 5.77. The van der Waals surface area contributed by atoms with Crippen LogP contribution >= 0.6 is 0 Å². The number of rotatable bonds is 5. The third-order valence-corrected chi connectivity index (χ3v) is 5.77. The Labute approximate surface area is 169 Å². The molecule has 0 spiro atoms. The maximum Gasteiger partial charge on any atom is 0.251 e. The van der Waals surface area contributed by atoms with Crippen molar-refractivity contribution in [2.24, 2.45) is 5.92 Å². The lowest BCUT2D eigenvalue weighted by molar-refractivity contribution is -0.142. The Hall–Kier alpha value is -2.61. The van der Waals surface area contributed by atoms with Crippen molar-refractivity contribution in [3.05, 3.63) is 17.7 Å². The van der Waals surface area contributed by atoms with E-state index in [0.29, 0.717) is 48.9 Å². The first-order valence-corrected chi connectivity index (χ1v) is 10.2. The van der Waals surface area contributed by atoms with Gasteiger partial charge in [0.2, 0.25) is 12.7 Å². The number of anilines is 1. The van der Waals surface area contributed by atoms with E-state index in [9.17, 15) is 14.4 Å². The van der Waals surface area contributed by atoms with Gasteiger partial charge >= 0.3 is 0 Å². The van der Waals surface area contributed by atoms with Gasteiger partial charge in [-0.15, -0.1) is 0 Å². The average molecular weight is 402 g/mol. The van der Waals surface area contributed by atoms with Crippen LogP contribution in [0.5, 0.6) is 11.5 Å². The molecule has 1 aromatic rings. The van der Waals surface area contributed by atoms with Gasteiger partial charge in [0.1, 0.15) is 6.10 Å². The minimum absolute atomic E-state index is 0.0804. The van der Waals surface area contributed by atoms with Gasteiger partial charge in [0.05, 0.1) is 5.69 Å². The maximum atomic E-state index is 12.6. The van der Waals surface area contributed by atoms with Crippen molar-refractivity contribution in [1.29, 1.82) is 0 Å². The Kier molecular flexibility index (Phi) is 5.71. The van der Waals surface area contributed by atoms with Crippen LogP contribution in [-0.4, -0.2) is 55.1 Å². The molecule has 156 valence electrons. The molecule has 3 heterocycles. The number of benzene rings is 1. The number of Topliss-reactive ketones (excluding diaryl/α,β-unsaturated/α-hetero) is 1. The molecular weight excluding hydrogens is 376 g/mol. The Bertz CT molecular complexity index is 810. The number of nitrogens with zero attached hydrogens (tertiary/aromatic N) is 1. The summed E-state index contributed by atoms with van der Waals surface area (Å²) in [6, 6.07) is 3.25. The molecule has 2 fully saturated rings.